The third kappa shape index (κ3) is 2.41. The third-order valence-electron chi connectivity index (χ3n) is 3.53. The van der Waals surface area contributed by atoms with Gasteiger partial charge in [0.25, 0.3) is 0 Å². The second-order valence-corrected chi connectivity index (χ2v) is 13.2. The molecule has 0 radical (unpaired) electrons. The quantitative estimate of drug-likeness (QED) is 0.198. The van der Waals surface area contributed by atoms with Gasteiger partial charge in [-0.15, -0.1) is 45.3 Å². The number of thiazole rings is 1. The summed E-state index contributed by atoms with van der Waals surface area (Å²) in [4.78, 5) is 6.20. The van der Waals surface area contributed by atoms with Gasteiger partial charge < -0.3 is 0 Å². The highest BCUT2D eigenvalue weighted by Crippen LogP contribution is 2.48. The Bertz CT molecular complexity index is 1140. The molecular formula is C15H4Br3NS4. The summed E-state index contributed by atoms with van der Waals surface area (Å²) in [7, 11) is 0. The number of benzene rings is 1. The minimum Gasteiger partial charge on any atom is -0.234 e. The Morgan fingerprint density at radius 3 is 2.09 bits per heavy atom. The molecule has 1 nitrogen and oxygen atoms in total. The number of hydrogen-bond donors (Lipinski definition) is 0. The molecule has 0 saturated carbocycles. The summed E-state index contributed by atoms with van der Waals surface area (Å²) in [6, 6.07) is 8.65. The molecule has 5 aromatic rings. The highest BCUT2D eigenvalue weighted by Gasteiger charge is 2.19. The summed E-state index contributed by atoms with van der Waals surface area (Å²) >= 11 is 17.9. The van der Waals surface area contributed by atoms with E-state index in [9.17, 15) is 0 Å². The number of nitrogens with zero attached hydrogens (tertiary/aromatic N) is 1. The molecular weight excluding hydrogens is 562 g/mol. The monoisotopic (exact) mass is 563 g/mol. The molecule has 4 heterocycles. The Balaban J connectivity index is 1.97. The van der Waals surface area contributed by atoms with Crippen molar-refractivity contribution in [1.82, 2.24) is 4.98 Å². The van der Waals surface area contributed by atoms with Gasteiger partial charge in [-0.05, 0) is 72.1 Å². The van der Waals surface area contributed by atoms with Crippen molar-refractivity contribution in [2.24, 2.45) is 0 Å². The molecule has 5 rings (SSSR count). The Morgan fingerprint density at radius 1 is 0.696 bits per heavy atom. The summed E-state index contributed by atoms with van der Waals surface area (Å²) in [6.07, 6.45) is 0. The maximum Gasteiger partial charge on any atom is 0.134 e. The largest absolute Gasteiger partial charge is 0.234 e. The van der Waals surface area contributed by atoms with Crippen molar-refractivity contribution in [1.29, 1.82) is 0 Å². The molecule has 0 saturated heterocycles. The fraction of sp³-hybridized carbons (Fsp3) is 0. The van der Waals surface area contributed by atoms with Crippen LogP contribution in [0.4, 0.5) is 0 Å². The molecule has 0 aliphatic carbocycles. The SMILES string of the molecule is Brc1ccc(-c2nc3c4sc(Br)cc4c4cc(Br)sc4c3s2)s1. The lowest BCUT2D eigenvalue weighted by molar-refractivity contribution is 1.53. The molecule has 8 heteroatoms. The molecule has 1 aromatic carbocycles. The normalized spacial score (nSPS) is 12.1. The fourth-order valence-electron chi connectivity index (χ4n) is 2.63. The lowest BCUT2D eigenvalue weighted by Gasteiger charge is -1.95. The van der Waals surface area contributed by atoms with E-state index in [-0.39, 0.29) is 0 Å². The van der Waals surface area contributed by atoms with Crippen LogP contribution in [0, 0.1) is 0 Å². The molecule has 0 spiro atoms. The van der Waals surface area contributed by atoms with Crippen LogP contribution in [0.25, 0.3) is 40.3 Å². The van der Waals surface area contributed by atoms with Crippen molar-refractivity contribution >= 4 is 124 Å². The molecule has 0 N–H and O–H groups in total. The summed E-state index contributed by atoms with van der Waals surface area (Å²) in [5.74, 6) is 0. The van der Waals surface area contributed by atoms with Crippen molar-refractivity contribution in [2.75, 3.05) is 0 Å². The summed E-state index contributed by atoms with van der Waals surface area (Å²) in [6.45, 7) is 0. The maximum atomic E-state index is 4.99. The van der Waals surface area contributed by atoms with Gasteiger partial charge in [-0.2, -0.15) is 0 Å². The molecule has 0 aliphatic heterocycles. The summed E-state index contributed by atoms with van der Waals surface area (Å²) in [5.41, 5.74) is 1.13. The Kier molecular flexibility index (Phi) is 3.75. The van der Waals surface area contributed by atoms with E-state index < -0.39 is 0 Å². The lowest BCUT2D eigenvalue weighted by atomic mass is 10.2. The van der Waals surface area contributed by atoms with Crippen LogP contribution in [-0.2, 0) is 0 Å². The fourth-order valence-corrected chi connectivity index (χ4v) is 8.57. The first-order valence-corrected chi connectivity index (χ1v) is 12.1. The zero-order chi connectivity index (χ0) is 15.7. The predicted molar refractivity (Wildman–Crippen MR) is 117 cm³/mol. The van der Waals surface area contributed by atoms with Gasteiger partial charge in [-0.1, -0.05) is 0 Å². The van der Waals surface area contributed by atoms with Crippen LogP contribution in [0.1, 0.15) is 0 Å². The van der Waals surface area contributed by atoms with Crippen LogP contribution in [0.2, 0.25) is 0 Å². The van der Waals surface area contributed by atoms with Crippen LogP contribution in [0.5, 0.6) is 0 Å². The van der Waals surface area contributed by atoms with Gasteiger partial charge in [0.15, 0.2) is 0 Å². The zero-order valence-corrected chi connectivity index (χ0v) is 19.0. The Labute approximate surface area is 172 Å². The Hall–Kier alpha value is 0.170. The second kappa shape index (κ2) is 5.59. The number of halogens is 3. The van der Waals surface area contributed by atoms with Crippen LogP contribution < -0.4 is 0 Å². The number of thiophene rings is 3. The van der Waals surface area contributed by atoms with Gasteiger partial charge in [-0.25, -0.2) is 4.98 Å². The van der Waals surface area contributed by atoms with E-state index in [1.807, 2.05) is 0 Å². The van der Waals surface area contributed by atoms with Gasteiger partial charge in [-0.3, -0.25) is 0 Å². The predicted octanol–water partition coefficient (Wildman–Crippen LogP) is 8.74. The molecule has 0 unspecified atom stereocenters. The minimum absolute atomic E-state index is 1.10. The first-order chi connectivity index (χ1) is 11.1. The van der Waals surface area contributed by atoms with Crippen LogP contribution in [0.15, 0.2) is 35.6 Å². The first kappa shape index (κ1) is 15.4. The summed E-state index contributed by atoms with van der Waals surface area (Å²) in [5, 5.41) is 3.70. The van der Waals surface area contributed by atoms with Gasteiger partial charge in [0.05, 0.1) is 30.3 Å². The molecule has 0 aliphatic rings. The van der Waals surface area contributed by atoms with Crippen molar-refractivity contribution in [2.45, 2.75) is 0 Å². The van der Waals surface area contributed by atoms with E-state index in [1.165, 1.54) is 29.7 Å². The molecule has 4 aromatic heterocycles. The van der Waals surface area contributed by atoms with Crippen molar-refractivity contribution in [3.05, 3.63) is 35.6 Å². The molecule has 114 valence electrons. The van der Waals surface area contributed by atoms with E-state index >= 15 is 0 Å². The van der Waals surface area contributed by atoms with E-state index in [2.05, 4.69) is 72.1 Å². The van der Waals surface area contributed by atoms with Crippen molar-refractivity contribution in [3.63, 3.8) is 0 Å². The van der Waals surface area contributed by atoms with Gasteiger partial charge >= 0.3 is 0 Å². The molecule has 0 fully saturated rings. The number of aromatic nitrogens is 1. The maximum absolute atomic E-state index is 4.99. The van der Waals surface area contributed by atoms with E-state index in [0.717, 1.165) is 21.9 Å². The number of hydrogen-bond acceptors (Lipinski definition) is 5. The highest BCUT2D eigenvalue weighted by molar-refractivity contribution is 9.11. The Morgan fingerprint density at radius 2 is 1.39 bits per heavy atom. The molecule has 0 atom stereocenters. The zero-order valence-electron chi connectivity index (χ0n) is 11.0. The minimum atomic E-state index is 1.10. The van der Waals surface area contributed by atoms with E-state index in [4.69, 9.17) is 4.98 Å². The van der Waals surface area contributed by atoms with Gasteiger partial charge in [0.2, 0.25) is 0 Å². The lowest BCUT2D eigenvalue weighted by Crippen LogP contribution is -1.72. The molecule has 23 heavy (non-hydrogen) atoms. The number of rotatable bonds is 1. The van der Waals surface area contributed by atoms with E-state index in [1.54, 1.807) is 45.3 Å². The standard InChI is InChI=1S/C15H4Br3NS4/c16-8-2-1-7(20-8)15-19-11-12-5(3-9(17)21-12)6-4-10(18)22-13(6)14(11)23-15/h1-4H. The average Bonchev–Trinajstić information content (AvgIpc) is 3.21. The second-order valence-electron chi connectivity index (χ2n) is 4.89. The highest BCUT2D eigenvalue weighted by atomic mass is 79.9. The van der Waals surface area contributed by atoms with Crippen LogP contribution in [-0.4, -0.2) is 4.98 Å². The van der Waals surface area contributed by atoms with Crippen molar-refractivity contribution < 1.29 is 0 Å². The van der Waals surface area contributed by atoms with E-state index in [0.29, 0.717) is 0 Å². The number of fused-ring (bicyclic) bond motifs is 6. The average molecular weight is 566 g/mol. The van der Waals surface area contributed by atoms with Gasteiger partial charge in [0.1, 0.15) is 10.5 Å². The smallest absolute Gasteiger partial charge is 0.134 e. The third-order valence-corrected chi connectivity index (χ3v) is 9.82. The van der Waals surface area contributed by atoms with Crippen molar-refractivity contribution in [3.8, 4) is 9.88 Å². The molecule has 0 bridgehead atoms. The topological polar surface area (TPSA) is 12.9 Å². The van der Waals surface area contributed by atoms with Crippen LogP contribution in [0.3, 0.4) is 0 Å². The first-order valence-electron chi connectivity index (χ1n) is 6.46. The van der Waals surface area contributed by atoms with Gasteiger partial charge in [0, 0.05) is 10.8 Å². The molecule has 0 amide bonds. The van der Waals surface area contributed by atoms with Crippen LogP contribution >= 0.6 is 93.1 Å². The summed E-state index contributed by atoms with van der Waals surface area (Å²) < 4.78 is 7.33.